The van der Waals surface area contributed by atoms with E-state index in [1.165, 1.54) is 0 Å². The Bertz CT molecular complexity index is 960. The molecule has 8 nitrogen and oxygen atoms in total. The van der Waals surface area contributed by atoms with Crippen molar-refractivity contribution in [1.82, 2.24) is 20.3 Å². The van der Waals surface area contributed by atoms with Crippen molar-refractivity contribution in [3.8, 4) is 11.3 Å². The predicted octanol–water partition coefficient (Wildman–Crippen LogP) is 2.37. The van der Waals surface area contributed by atoms with Gasteiger partial charge in [-0.1, -0.05) is 23.4 Å². The molecule has 3 rings (SSSR count). The van der Waals surface area contributed by atoms with Crippen molar-refractivity contribution < 1.29 is 14.1 Å². The highest BCUT2D eigenvalue weighted by Crippen LogP contribution is 2.18. The molecule has 0 bridgehead atoms. The molecule has 0 atom stereocenters. The summed E-state index contributed by atoms with van der Waals surface area (Å²) in [5.74, 6) is -0.0407. The number of amides is 1. The molecule has 0 aliphatic rings. The number of hydrogen-bond donors (Lipinski definition) is 2. The van der Waals surface area contributed by atoms with Gasteiger partial charge in [-0.25, -0.2) is 0 Å². The molecule has 8 heteroatoms. The Labute approximate surface area is 162 Å². The zero-order valence-corrected chi connectivity index (χ0v) is 15.7. The van der Waals surface area contributed by atoms with Crippen LogP contribution in [0.1, 0.15) is 35.4 Å². The van der Waals surface area contributed by atoms with Gasteiger partial charge >= 0.3 is 0 Å². The Morgan fingerprint density at radius 3 is 2.82 bits per heavy atom. The van der Waals surface area contributed by atoms with Crippen LogP contribution in [0.4, 0.5) is 5.69 Å². The van der Waals surface area contributed by atoms with E-state index < -0.39 is 0 Å². The Morgan fingerprint density at radius 2 is 2.07 bits per heavy atom. The number of benzene rings is 1. The Morgan fingerprint density at radius 1 is 1.25 bits per heavy atom. The minimum Gasteiger partial charge on any atom is -0.398 e. The van der Waals surface area contributed by atoms with E-state index in [0.717, 1.165) is 11.1 Å². The number of rotatable bonds is 9. The summed E-state index contributed by atoms with van der Waals surface area (Å²) in [7, 11) is 1.80. The SMILES string of the molecule is Cn1cc(-c2cc(C(=O)NCCCCC(=O)Cc3ccccc3N)on2)cn1. The zero-order chi connectivity index (χ0) is 19.9. The largest absolute Gasteiger partial charge is 0.398 e. The summed E-state index contributed by atoms with van der Waals surface area (Å²) in [6.07, 6.45) is 5.64. The monoisotopic (exact) mass is 381 g/mol. The predicted molar refractivity (Wildman–Crippen MR) is 104 cm³/mol. The summed E-state index contributed by atoms with van der Waals surface area (Å²) in [5, 5.41) is 10.7. The number of nitrogens with two attached hydrogens (primary N) is 1. The van der Waals surface area contributed by atoms with E-state index in [1.54, 1.807) is 36.3 Å². The molecular formula is C20H23N5O3. The highest BCUT2D eigenvalue weighted by molar-refractivity contribution is 5.92. The second kappa shape index (κ2) is 8.98. The van der Waals surface area contributed by atoms with Gasteiger partial charge in [0.2, 0.25) is 5.76 Å². The van der Waals surface area contributed by atoms with Crippen LogP contribution in [-0.4, -0.2) is 33.2 Å². The number of Topliss-reactive ketones (excluding diaryl/α,β-unsaturated/α-hetero) is 1. The normalized spacial score (nSPS) is 10.8. The first-order valence-corrected chi connectivity index (χ1v) is 9.12. The molecule has 0 aliphatic heterocycles. The average molecular weight is 381 g/mol. The molecule has 2 heterocycles. The minimum absolute atomic E-state index is 0.139. The van der Waals surface area contributed by atoms with Crippen molar-refractivity contribution in [2.24, 2.45) is 7.05 Å². The fourth-order valence-electron chi connectivity index (χ4n) is 2.80. The first kappa shape index (κ1) is 19.3. The van der Waals surface area contributed by atoms with Crippen LogP contribution in [0.2, 0.25) is 0 Å². The van der Waals surface area contributed by atoms with Crippen LogP contribution >= 0.6 is 0 Å². The number of carbonyl (C=O) groups is 2. The van der Waals surface area contributed by atoms with E-state index in [9.17, 15) is 9.59 Å². The van der Waals surface area contributed by atoms with E-state index in [2.05, 4.69) is 15.6 Å². The standard InChI is InChI=1S/C20H23N5O3/c1-25-13-15(12-23-25)18-11-19(28-24-18)20(27)22-9-5-4-7-16(26)10-14-6-2-3-8-17(14)21/h2-3,6,8,11-13H,4-5,7,9-10,21H2,1H3,(H,22,27). The number of para-hydroxylation sites is 1. The van der Waals surface area contributed by atoms with Gasteiger partial charge in [-0.15, -0.1) is 0 Å². The number of unbranched alkanes of at least 4 members (excludes halogenated alkanes) is 1. The Balaban J connectivity index is 1.37. The average Bonchev–Trinajstić information content (AvgIpc) is 3.32. The number of hydrogen-bond acceptors (Lipinski definition) is 6. The van der Waals surface area contributed by atoms with Gasteiger partial charge < -0.3 is 15.6 Å². The van der Waals surface area contributed by atoms with Crippen molar-refractivity contribution in [3.05, 3.63) is 54.0 Å². The molecular weight excluding hydrogens is 358 g/mol. The van der Waals surface area contributed by atoms with Gasteiger partial charge in [0.1, 0.15) is 11.5 Å². The molecule has 3 N–H and O–H groups in total. The van der Waals surface area contributed by atoms with Crippen LogP contribution in [0.15, 0.2) is 47.2 Å². The lowest BCUT2D eigenvalue weighted by molar-refractivity contribution is -0.118. The maximum absolute atomic E-state index is 12.1. The van der Waals surface area contributed by atoms with E-state index in [0.29, 0.717) is 43.6 Å². The highest BCUT2D eigenvalue weighted by atomic mass is 16.5. The first-order valence-electron chi connectivity index (χ1n) is 9.12. The van der Waals surface area contributed by atoms with Crippen molar-refractivity contribution in [2.45, 2.75) is 25.7 Å². The van der Waals surface area contributed by atoms with Gasteiger partial charge in [-0.2, -0.15) is 5.10 Å². The van der Waals surface area contributed by atoms with Gasteiger partial charge in [0, 0.05) is 49.9 Å². The van der Waals surface area contributed by atoms with Gasteiger partial charge in [0.05, 0.1) is 6.20 Å². The molecule has 28 heavy (non-hydrogen) atoms. The summed E-state index contributed by atoms with van der Waals surface area (Å²) < 4.78 is 6.75. The number of aryl methyl sites for hydroxylation is 1. The minimum atomic E-state index is -0.328. The van der Waals surface area contributed by atoms with Crippen LogP contribution in [-0.2, 0) is 18.3 Å². The van der Waals surface area contributed by atoms with E-state index in [1.807, 2.05) is 18.2 Å². The van der Waals surface area contributed by atoms with Gasteiger partial charge in [-0.3, -0.25) is 14.3 Å². The Kier molecular flexibility index (Phi) is 6.21. The van der Waals surface area contributed by atoms with Crippen molar-refractivity contribution in [1.29, 1.82) is 0 Å². The summed E-state index contributed by atoms with van der Waals surface area (Å²) in [6.45, 7) is 0.461. The topological polar surface area (TPSA) is 116 Å². The fraction of sp³-hybridized carbons (Fsp3) is 0.300. The van der Waals surface area contributed by atoms with Crippen molar-refractivity contribution in [2.75, 3.05) is 12.3 Å². The van der Waals surface area contributed by atoms with Gasteiger partial charge in [0.15, 0.2) is 0 Å². The van der Waals surface area contributed by atoms with Crippen LogP contribution in [0, 0.1) is 0 Å². The number of aromatic nitrogens is 3. The number of anilines is 1. The number of ketones is 1. The number of nitrogens with one attached hydrogen (secondary N) is 1. The van der Waals surface area contributed by atoms with E-state index >= 15 is 0 Å². The molecule has 3 aromatic rings. The third-order valence-corrected chi connectivity index (χ3v) is 4.35. The van der Waals surface area contributed by atoms with Crippen LogP contribution in [0.5, 0.6) is 0 Å². The summed E-state index contributed by atoms with van der Waals surface area (Å²) in [5.41, 5.74) is 8.69. The molecule has 0 fully saturated rings. The molecule has 0 saturated heterocycles. The molecule has 2 aromatic heterocycles. The molecule has 146 valence electrons. The number of carbonyl (C=O) groups excluding carboxylic acids is 2. The maximum atomic E-state index is 12.1. The lowest BCUT2D eigenvalue weighted by Gasteiger charge is -2.05. The molecule has 0 unspecified atom stereocenters. The quantitative estimate of drug-likeness (QED) is 0.434. The highest BCUT2D eigenvalue weighted by Gasteiger charge is 2.14. The smallest absolute Gasteiger partial charge is 0.289 e. The first-order chi connectivity index (χ1) is 13.5. The summed E-state index contributed by atoms with van der Waals surface area (Å²) in [6, 6.07) is 8.96. The van der Waals surface area contributed by atoms with Crippen molar-refractivity contribution >= 4 is 17.4 Å². The molecule has 0 spiro atoms. The lowest BCUT2D eigenvalue weighted by Crippen LogP contribution is -2.24. The molecule has 1 aromatic carbocycles. The van der Waals surface area contributed by atoms with Crippen LogP contribution in [0.3, 0.4) is 0 Å². The second-order valence-corrected chi connectivity index (χ2v) is 6.61. The molecule has 0 saturated carbocycles. The zero-order valence-electron chi connectivity index (χ0n) is 15.7. The molecule has 0 radical (unpaired) electrons. The third kappa shape index (κ3) is 5.06. The van der Waals surface area contributed by atoms with E-state index in [-0.39, 0.29) is 17.5 Å². The van der Waals surface area contributed by atoms with Gasteiger partial charge in [-0.05, 0) is 24.5 Å². The third-order valence-electron chi connectivity index (χ3n) is 4.35. The van der Waals surface area contributed by atoms with Crippen LogP contribution < -0.4 is 11.1 Å². The number of nitrogen functional groups attached to an aromatic ring is 1. The second-order valence-electron chi connectivity index (χ2n) is 6.61. The van der Waals surface area contributed by atoms with Gasteiger partial charge in [0.25, 0.3) is 5.91 Å². The van der Waals surface area contributed by atoms with E-state index in [4.69, 9.17) is 10.3 Å². The van der Waals surface area contributed by atoms with Crippen molar-refractivity contribution in [3.63, 3.8) is 0 Å². The Hall–Kier alpha value is -3.42. The van der Waals surface area contributed by atoms with Crippen LogP contribution in [0.25, 0.3) is 11.3 Å². The fourth-order valence-corrected chi connectivity index (χ4v) is 2.80. The maximum Gasteiger partial charge on any atom is 0.289 e. The number of nitrogens with zero attached hydrogens (tertiary/aromatic N) is 3. The molecule has 0 aliphatic carbocycles. The summed E-state index contributed by atoms with van der Waals surface area (Å²) >= 11 is 0. The summed E-state index contributed by atoms with van der Waals surface area (Å²) in [4.78, 5) is 24.2. The lowest BCUT2D eigenvalue weighted by atomic mass is 10.0. The molecule has 1 amide bonds.